The SMILES string of the molecule is COc1ccc(Cn2c(=O)c3c(OC(F)(F)F)cc(=O)n(C)c3n(-c3ccc(C)cc3F)c2=O)cc1. The minimum absolute atomic E-state index is 0.362. The third-order valence-corrected chi connectivity index (χ3v) is 5.54. The van der Waals surface area contributed by atoms with Crippen LogP contribution in [0.1, 0.15) is 11.1 Å². The van der Waals surface area contributed by atoms with E-state index in [1.54, 1.807) is 31.2 Å². The van der Waals surface area contributed by atoms with Crippen molar-refractivity contribution in [2.75, 3.05) is 7.11 Å². The van der Waals surface area contributed by atoms with Crippen LogP contribution in [0.3, 0.4) is 0 Å². The van der Waals surface area contributed by atoms with Crippen LogP contribution in [0.5, 0.6) is 11.5 Å². The molecule has 0 N–H and O–H groups in total. The van der Waals surface area contributed by atoms with E-state index in [9.17, 15) is 27.6 Å². The highest BCUT2D eigenvalue weighted by Crippen LogP contribution is 2.28. The average Bonchev–Trinajstić information content (AvgIpc) is 2.80. The first-order chi connectivity index (χ1) is 16.9. The van der Waals surface area contributed by atoms with Crippen molar-refractivity contribution >= 4 is 11.0 Å². The van der Waals surface area contributed by atoms with Crippen molar-refractivity contribution < 1.29 is 27.0 Å². The van der Waals surface area contributed by atoms with Crippen LogP contribution in [0.2, 0.25) is 0 Å². The fourth-order valence-corrected chi connectivity index (χ4v) is 3.83. The number of alkyl halides is 3. The number of fused-ring (bicyclic) bond motifs is 1. The number of aromatic nitrogens is 3. The van der Waals surface area contributed by atoms with E-state index in [1.807, 2.05) is 0 Å². The molecule has 0 fully saturated rings. The van der Waals surface area contributed by atoms with Gasteiger partial charge in [0.2, 0.25) is 0 Å². The Bertz CT molecular complexity index is 1650. The number of hydrogen-bond acceptors (Lipinski definition) is 5. The zero-order valence-electron chi connectivity index (χ0n) is 19.2. The number of ether oxygens (including phenoxy) is 2. The van der Waals surface area contributed by atoms with Gasteiger partial charge in [-0.2, -0.15) is 0 Å². The number of halogens is 4. The van der Waals surface area contributed by atoms with Crippen LogP contribution in [-0.4, -0.2) is 27.2 Å². The van der Waals surface area contributed by atoms with Crippen molar-refractivity contribution in [2.24, 2.45) is 7.05 Å². The minimum Gasteiger partial charge on any atom is -0.497 e. The van der Waals surface area contributed by atoms with E-state index in [-0.39, 0.29) is 12.2 Å². The number of methoxy groups -OCH3 is 1. The molecule has 4 rings (SSSR count). The molecule has 36 heavy (non-hydrogen) atoms. The predicted molar refractivity (Wildman–Crippen MR) is 123 cm³/mol. The monoisotopic (exact) mass is 505 g/mol. The lowest BCUT2D eigenvalue weighted by atomic mass is 10.2. The molecule has 0 radical (unpaired) electrons. The van der Waals surface area contributed by atoms with Gasteiger partial charge in [0.25, 0.3) is 11.1 Å². The second kappa shape index (κ2) is 9.02. The van der Waals surface area contributed by atoms with Crippen molar-refractivity contribution in [1.82, 2.24) is 13.7 Å². The molecule has 8 nitrogen and oxygen atoms in total. The first-order valence-electron chi connectivity index (χ1n) is 10.5. The molecule has 0 bridgehead atoms. The lowest BCUT2D eigenvalue weighted by Crippen LogP contribution is -2.42. The molecule has 0 aliphatic heterocycles. The van der Waals surface area contributed by atoms with Gasteiger partial charge in [-0.1, -0.05) is 18.2 Å². The lowest BCUT2D eigenvalue weighted by molar-refractivity contribution is -0.274. The van der Waals surface area contributed by atoms with Crippen LogP contribution in [0.4, 0.5) is 17.6 Å². The third-order valence-electron chi connectivity index (χ3n) is 5.54. The summed E-state index contributed by atoms with van der Waals surface area (Å²) in [6, 6.07) is 10.6. The van der Waals surface area contributed by atoms with Gasteiger partial charge in [-0.15, -0.1) is 13.2 Å². The van der Waals surface area contributed by atoms with Crippen LogP contribution < -0.4 is 26.3 Å². The molecule has 12 heteroatoms. The van der Waals surface area contributed by atoms with Crippen LogP contribution in [0.25, 0.3) is 16.7 Å². The predicted octanol–water partition coefficient (Wildman–Crippen LogP) is 3.25. The molecule has 0 spiro atoms. The summed E-state index contributed by atoms with van der Waals surface area (Å²) >= 11 is 0. The summed E-state index contributed by atoms with van der Waals surface area (Å²) in [5.41, 5.74) is -3.18. The Balaban J connectivity index is 2.15. The van der Waals surface area contributed by atoms with Gasteiger partial charge in [-0.3, -0.25) is 18.7 Å². The summed E-state index contributed by atoms with van der Waals surface area (Å²) in [7, 11) is 2.60. The van der Waals surface area contributed by atoms with Crippen LogP contribution in [0.15, 0.2) is 62.9 Å². The van der Waals surface area contributed by atoms with E-state index in [0.29, 0.717) is 32.1 Å². The number of pyridine rings is 1. The Morgan fingerprint density at radius 1 is 0.972 bits per heavy atom. The molecule has 188 valence electrons. The normalized spacial score (nSPS) is 11.6. The number of aryl methyl sites for hydroxylation is 2. The molecule has 0 saturated carbocycles. The molecule has 2 aromatic carbocycles. The Morgan fingerprint density at radius 3 is 2.22 bits per heavy atom. The van der Waals surface area contributed by atoms with Crippen LogP contribution in [-0.2, 0) is 13.6 Å². The Kier molecular flexibility index (Phi) is 6.21. The minimum atomic E-state index is -5.25. The van der Waals surface area contributed by atoms with Crippen molar-refractivity contribution in [2.45, 2.75) is 19.8 Å². The van der Waals surface area contributed by atoms with Gasteiger partial charge in [0.05, 0.1) is 19.3 Å². The summed E-state index contributed by atoms with van der Waals surface area (Å²) in [6.07, 6.45) is -5.25. The topological polar surface area (TPSA) is 84.5 Å². The number of hydrogen-bond donors (Lipinski definition) is 0. The molecule has 0 aliphatic rings. The van der Waals surface area contributed by atoms with E-state index in [4.69, 9.17) is 4.74 Å². The molecule has 2 aromatic heterocycles. The van der Waals surface area contributed by atoms with Crippen molar-refractivity contribution in [3.8, 4) is 17.2 Å². The van der Waals surface area contributed by atoms with Gasteiger partial charge in [-0.25, -0.2) is 13.8 Å². The summed E-state index contributed by atoms with van der Waals surface area (Å²) in [6.45, 7) is 1.24. The molecular weight excluding hydrogens is 486 g/mol. The second-order valence-corrected chi connectivity index (χ2v) is 7.96. The van der Waals surface area contributed by atoms with E-state index in [0.717, 1.165) is 17.7 Å². The maximum atomic E-state index is 15.0. The zero-order valence-corrected chi connectivity index (χ0v) is 19.2. The number of nitrogens with zero attached hydrogens (tertiary/aromatic N) is 3. The smallest absolute Gasteiger partial charge is 0.497 e. The molecule has 2 heterocycles. The molecular formula is C24H19F4N3O5. The highest BCUT2D eigenvalue weighted by molar-refractivity contribution is 5.83. The summed E-state index contributed by atoms with van der Waals surface area (Å²) < 4.78 is 65.8. The Labute approximate surface area is 200 Å². The first kappa shape index (κ1) is 24.8. The van der Waals surface area contributed by atoms with Gasteiger partial charge < -0.3 is 9.47 Å². The molecule has 0 atom stereocenters. The van der Waals surface area contributed by atoms with Gasteiger partial charge in [0.1, 0.15) is 22.6 Å². The summed E-state index contributed by atoms with van der Waals surface area (Å²) in [5.74, 6) is -1.49. The maximum Gasteiger partial charge on any atom is 0.573 e. The largest absolute Gasteiger partial charge is 0.573 e. The van der Waals surface area contributed by atoms with E-state index in [1.165, 1.54) is 19.2 Å². The number of benzene rings is 2. The molecule has 0 amide bonds. The highest BCUT2D eigenvalue weighted by Gasteiger charge is 2.34. The Morgan fingerprint density at radius 2 is 1.64 bits per heavy atom. The fourth-order valence-electron chi connectivity index (χ4n) is 3.83. The van der Waals surface area contributed by atoms with Crippen molar-refractivity contribution in [3.63, 3.8) is 0 Å². The zero-order chi connectivity index (χ0) is 26.4. The third kappa shape index (κ3) is 4.49. The van der Waals surface area contributed by atoms with E-state index in [2.05, 4.69) is 4.74 Å². The summed E-state index contributed by atoms with van der Waals surface area (Å²) in [4.78, 5) is 39.5. The summed E-state index contributed by atoms with van der Waals surface area (Å²) in [5, 5.41) is -0.720. The van der Waals surface area contributed by atoms with Gasteiger partial charge in [0.15, 0.2) is 5.75 Å². The molecule has 0 aliphatic carbocycles. The van der Waals surface area contributed by atoms with Crippen molar-refractivity contribution in [1.29, 1.82) is 0 Å². The van der Waals surface area contributed by atoms with Crippen LogP contribution >= 0.6 is 0 Å². The van der Waals surface area contributed by atoms with Crippen LogP contribution in [0, 0.1) is 12.7 Å². The van der Waals surface area contributed by atoms with E-state index < -0.39 is 45.8 Å². The average molecular weight is 505 g/mol. The maximum absolute atomic E-state index is 15.0. The standard InChI is InChI=1S/C24H19F4N3O5/c1-13-4-9-17(16(25)10-13)31-21-20(18(36-24(26,27)28)11-19(32)29(21)2)22(33)30(23(31)34)12-14-5-7-15(35-3)8-6-14/h4-11H,12H2,1-3H3. The lowest BCUT2D eigenvalue weighted by Gasteiger charge is -2.19. The fraction of sp³-hybridized carbons (Fsp3) is 0.208. The van der Waals surface area contributed by atoms with Gasteiger partial charge in [0, 0.05) is 13.1 Å². The second-order valence-electron chi connectivity index (χ2n) is 7.96. The van der Waals surface area contributed by atoms with Gasteiger partial charge in [-0.05, 0) is 42.3 Å². The Hall–Kier alpha value is -4.35. The molecule has 0 saturated heterocycles. The quantitative estimate of drug-likeness (QED) is 0.389. The number of rotatable bonds is 5. The van der Waals surface area contributed by atoms with E-state index >= 15 is 4.39 Å². The van der Waals surface area contributed by atoms with Gasteiger partial charge >= 0.3 is 12.1 Å². The molecule has 4 aromatic rings. The highest BCUT2D eigenvalue weighted by atomic mass is 19.4. The first-order valence-corrected chi connectivity index (χ1v) is 10.5. The van der Waals surface area contributed by atoms with Crippen molar-refractivity contribution in [3.05, 3.63) is 96.7 Å². The molecule has 0 unspecified atom stereocenters.